The highest BCUT2D eigenvalue weighted by Crippen LogP contribution is 2.11. The number of anilines is 1. The lowest BCUT2D eigenvalue weighted by atomic mass is 10.2. The van der Waals surface area contributed by atoms with Crippen LogP contribution in [-0.4, -0.2) is 28.6 Å². The summed E-state index contributed by atoms with van der Waals surface area (Å²) in [6.07, 6.45) is 1.35. The summed E-state index contributed by atoms with van der Waals surface area (Å²) < 4.78 is 0. The molecule has 16 heavy (non-hydrogen) atoms. The van der Waals surface area contributed by atoms with E-state index in [-0.39, 0.29) is 12.3 Å². The van der Waals surface area contributed by atoms with E-state index in [1.54, 1.807) is 5.38 Å². The molecule has 0 fully saturated rings. The van der Waals surface area contributed by atoms with E-state index in [0.29, 0.717) is 23.8 Å². The molecule has 1 amide bonds. The van der Waals surface area contributed by atoms with Crippen molar-refractivity contribution in [2.75, 3.05) is 12.3 Å². The van der Waals surface area contributed by atoms with Gasteiger partial charge in [-0.05, 0) is 6.42 Å². The lowest BCUT2D eigenvalue weighted by Gasteiger charge is -2.09. The second-order valence-electron chi connectivity index (χ2n) is 3.60. The van der Waals surface area contributed by atoms with Crippen LogP contribution in [0.1, 0.15) is 25.5 Å². The third kappa shape index (κ3) is 4.59. The number of nitrogens with two attached hydrogens (primary N) is 1. The predicted molar refractivity (Wildman–Crippen MR) is 64.2 cm³/mol. The Morgan fingerprint density at radius 3 is 3.06 bits per heavy atom. The summed E-state index contributed by atoms with van der Waals surface area (Å²) in [7, 11) is 0. The molecule has 5 nitrogen and oxygen atoms in total. The van der Waals surface area contributed by atoms with Crippen LogP contribution in [0.15, 0.2) is 5.38 Å². The minimum atomic E-state index is -0.463. The van der Waals surface area contributed by atoms with Gasteiger partial charge in [-0.15, -0.1) is 11.3 Å². The third-order valence-electron chi connectivity index (χ3n) is 2.07. The average molecular weight is 243 g/mol. The fourth-order valence-corrected chi connectivity index (χ4v) is 1.86. The number of rotatable bonds is 6. The second kappa shape index (κ2) is 6.44. The first-order valence-corrected chi connectivity index (χ1v) is 6.14. The Labute approximate surface area is 98.7 Å². The van der Waals surface area contributed by atoms with Crippen LogP contribution in [-0.2, 0) is 11.2 Å². The molecular weight excluding hydrogens is 226 g/mol. The van der Waals surface area contributed by atoms with Crippen LogP contribution in [0.4, 0.5) is 5.13 Å². The van der Waals surface area contributed by atoms with Gasteiger partial charge in [0.15, 0.2) is 5.13 Å². The molecule has 0 radical (unpaired) electrons. The van der Waals surface area contributed by atoms with Crippen LogP contribution < -0.4 is 11.1 Å². The van der Waals surface area contributed by atoms with Crippen LogP contribution in [0.2, 0.25) is 0 Å². The Hall–Kier alpha value is -1.14. The number of carbonyl (C=O) groups excluding carboxylic acids is 1. The molecule has 0 bridgehead atoms. The minimum absolute atomic E-state index is 0.138. The van der Waals surface area contributed by atoms with Crippen LogP contribution in [0.3, 0.4) is 0 Å². The van der Waals surface area contributed by atoms with Gasteiger partial charge in [-0.25, -0.2) is 4.98 Å². The first-order valence-electron chi connectivity index (χ1n) is 5.26. The van der Waals surface area contributed by atoms with E-state index < -0.39 is 6.10 Å². The number of aliphatic hydroxyl groups excluding tert-OH is 1. The monoisotopic (exact) mass is 243 g/mol. The van der Waals surface area contributed by atoms with Crippen molar-refractivity contribution in [2.24, 2.45) is 0 Å². The molecule has 1 unspecified atom stereocenters. The first-order chi connectivity index (χ1) is 7.61. The summed E-state index contributed by atoms with van der Waals surface area (Å²) >= 11 is 1.32. The van der Waals surface area contributed by atoms with Crippen molar-refractivity contribution in [2.45, 2.75) is 32.3 Å². The van der Waals surface area contributed by atoms with Gasteiger partial charge in [-0.3, -0.25) is 4.79 Å². The number of thiazole rings is 1. The smallest absolute Gasteiger partial charge is 0.226 e. The number of amides is 1. The number of nitrogens with one attached hydrogen (secondary N) is 1. The summed E-state index contributed by atoms with van der Waals surface area (Å²) in [5, 5.41) is 14.3. The predicted octanol–water partition coefficient (Wildman–Crippen LogP) is 0.545. The van der Waals surface area contributed by atoms with Crippen molar-refractivity contribution < 1.29 is 9.90 Å². The van der Waals surface area contributed by atoms with Crippen molar-refractivity contribution in [1.82, 2.24) is 10.3 Å². The molecule has 1 aromatic rings. The highest BCUT2D eigenvalue weighted by Gasteiger charge is 2.08. The largest absolute Gasteiger partial charge is 0.391 e. The molecule has 0 aliphatic heterocycles. The summed E-state index contributed by atoms with van der Waals surface area (Å²) in [4.78, 5) is 15.4. The molecule has 0 aromatic carbocycles. The average Bonchev–Trinajstić information content (AvgIpc) is 2.61. The van der Waals surface area contributed by atoms with E-state index in [1.165, 1.54) is 11.3 Å². The van der Waals surface area contributed by atoms with Gasteiger partial charge in [0.25, 0.3) is 0 Å². The summed E-state index contributed by atoms with van der Waals surface area (Å²) in [6.45, 7) is 2.29. The quantitative estimate of drug-likeness (QED) is 0.680. The highest BCUT2D eigenvalue weighted by molar-refractivity contribution is 7.13. The van der Waals surface area contributed by atoms with Crippen LogP contribution in [0.25, 0.3) is 0 Å². The normalized spacial score (nSPS) is 12.4. The van der Waals surface area contributed by atoms with Gasteiger partial charge >= 0.3 is 0 Å². The van der Waals surface area contributed by atoms with Crippen LogP contribution in [0, 0.1) is 0 Å². The van der Waals surface area contributed by atoms with Gasteiger partial charge in [0.1, 0.15) is 0 Å². The van der Waals surface area contributed by atoms with E-state index in [2.05, 4.69) is 10.3 Å². The Morgan fingerprint density at radius 1 is 1.75 bits per heavy atom. The number of hydrogen-bond acceptors (Lipinski definition) is 5. The van der Waals surface area contributed by atoms with Gasteiger partial charge in [0.05, 0.1) is 18.2 Å². The highest BCUT2D eigenvalue weighted by atomic mass is 32.1. The molecule has 1 rings (SSSR count). The van der Waals surface area contributed by atoms with Crippen molar-refractivity contribution in [3.8, 4) is 0 Å². The number of carbonyl (C=O) groups is 1. The van der Waals surface area contributed by atoms with Gasteiger partial charge in [0.2, 0.25) is 5.91 Å². The summed E-state index contributed by atoms with van der Waals surface area (Å²) in [5.74, 6) is -0.138. The molecule has 1 aromatic heterocycles. The van der Waals surface area contributed by atoms with Crippen molar-refractivity contribution >= 4 is 22.4 Å². The maximum Gasteiger partial charge on any atom is 0.226 e. The lowest BCUT2D eigenvalue weighted by molar-refractivity contribution is -0.120. The zero-order chi connectivity index (χ0) is 12.0. The van der Waals surface area contributed by atoms with E-state index in [0.717, 1.165) is 6.42 Å². The van der Waals surface area contributed by atoms with Crippen molar-refractivity contribution in [3.63, 3.8) is 0 Å². The summed E-state index contributed by atoms with van der Waals surface area (Å²) in [6, 6.07) is 0. The summed E-state index contributed by atoms with van der Waals surface area (Å²) in [5.41, 5.74) is 6.12. The van der Waals surface area contributed by atoms with Gasteiger partial charge in [-0.2, -0.15) is 0 Å². The number of nitrogens with zero attached hydrogens (tertiary/aromatic N) is 1. The van der Waals surface area contributed by atoms with Crippen LogP contribution in [0.5, 0.6) is 0 Å². The van der Waals surface area contributed by atoms with Crippen LogP contribution >= 0.6 is 11.3 Å². The van der Waals surface area contributed by atoms with E-state index in [9.17, 15) is 9.90 Å². The SMILES string of the molecule is CCCC(O)CNC(=O)Cc1csc(N)n1. The minimum Gasteiger partial charge on any atom is -0.391 e. The molecule has 0 saturated heterocycles. The van der Waals surface area contributed by atoms with E-state index >= 15 is 0 Å². The van der Waals surface area contributed by atoms with Crippen molar-refractivity contribution in [1.29, 1.82) is 0 Å². The molecule has 0 saturated carbocycles. The van der Waals surface area contributed by atoms with Gasteiger partial charge < -0.3 is 16.2 Å². The van der Waals surface area contributed by atoms with Gasteiger partial charge in [-0.1, -0.05) is 13.3 Å². The third-order valence-corrected chi connectivity index (χ3v) is 2.79. The molecule has 1 heterocycles. The molecular formula is C10H17N3O2S. The lowest BCUT2D eigenvalue weighted by Crippen LogP contribution is -2.33. The molecule has 0 aliphatic carbocycles. The zero-order valence-electron chi connectivity index (χ0n) is 9.27. The number of aromatic nitrogens is 1. The molecule has 90 valence electrons. The molecule has 0 aliphatic rings. The topological polar surface area (TPSA) is 88.2 Å². The second-order valence-corrected chi connectivity index (χ2v) is 4.49. The first kappa shape index (κ1) is 12.9. The maximum atomic E-state index is 11.4. The van der Waals surface area contributed by atoms with E-state index in [1.807, 2.05) is 6.92 Å². The van der Waals surface area contributed by atoms with Crippen molar-refractivity contribution in [3.05, 3.63) is 11.1 Å². The fraction of sp³-hybridized carbons (Fsp3) is 0.600. The van der Waals surface area contributed by atoms with E-state index in [4.69, 9.17) is 5.73 Å². The molecule has 1 atom stereocenters. The number of nitrogen functional groups attached to an aromatic ring is 1. The fourth-order valence-electron chi connectivity index (χ4n) is 1.30. The number of aliphatic hydroxyl groups is 1. The zero-order valence-corrected chi connectivity index (χ0v) is 10.1. The standard InChI is InChI=1S/C10H17N3O2S/c1-2-3-8(14)5-12-9(15)4-7-6-16-10(11)13-7/h6,8,14H,2-5H2,1H3,(H2,11,13)(H,12,15). The molecule has 0 spiro atoms. The molecule has 6 heteroatoms. The van der Waals surface area contributed by atoms with Gasteiger partial charge in [0, 0.05) is 11.9 Å². The Morgan fingerprint density at radius 2 is 2.50 bits per heavy atom. The molecule has 4 N–H and O–H groups in total. The Balaban J connectivity index is 2.26. The Bertz CT molecular complexity index is 341. The number of hydrogen-bond donors (Lipinski definition) is 3. The maximum absolute atomic E-state index is 11.4. The Kier molecular flexibility index (Phi) is 5.21.